The van der Waals surface area contributed by atoms with E-state index < -0.39 is 4.92 Å². The molecule has 5 nitrogen and oxygen atoms in total. The summed E-state index contributed by atoms with van der Waals surface area (Å²) in [5.74, 6) is 0.609. The predicted molar refractivity (Wildman–Crippen MR) is 81.4 cm³/mol. The summed E-state index contributed by atoms with van der Waals surface area (Å²) in [5.41, 5.74) is 0.788. The molecule has 6 heteroatoms. The first-order valence-corrected chi connectivity index (χ1v) is 7.24. The van der Waals surface area contributed by atoms with Gasteiger partial charge in [0.2, 0.25) is 0 Å². The molecule has 0 amide bonds. The average molecular weight is 298 g/mol. The van der Waals surface area contributed by atoms with Gasteiger partial charge < -0.3 is 10.2 Å². The Labute approximate surface area is 124 Å². The maximum atomic E-state index is 10.7. The third-order valence-electron chi connectivity index (χ3n) is 4.02. The van der Waals surface area contributed by atoms with Gasteiger partial charge in [-0.05, 0) is 51.9 Å². The van der Waals surface area contributed by atoms with E-state index in [0.717, 1.165) is 31.6 Å². The van der Waals surface area contributed by atoms with Gasteiger partial charge in [0.25, 0.3) is 5.69 Å². The number of rotatable bonds is 4. The second-order valence-electron chi connectivity index (χ2n) is 5.49. The standard InChI is InChI=1S/C14H20ClN3O2/c1-10(11-5-7-17(2)8-6-11)16-14-4-3-12(18(19)20)9-13(14)15/h3-4,9-11,16H,5-8H2,1-2H3. The summed E-state index contributed by atoms with van der Waals surface area (Å²) in [4.78, 5) is 12.6. The highest BCUT2D eigenvalue weighted by Gasteiger charge is 2.22. The molecule has 0 bridgehead atoms. The number of likely N-dealkylation sites (tertiary alicyclic amines) is 1. The molecule has 1 unspecified atom stereocenters. The van der Waals surface area contributed by atoms with E-state index in [1.165, 1.54) is 12.1 Å². The first-order chi connectivity index (χ1) is 9.47. The largest absolute Gasteiger partial charge is 0.381 e. The van der Waals surface area contributed by atoms with Crippen molar-refractivity contribution in [3.63, 3.8) is 0 Å². The molecule has 1 aromatic carbocycles. The van der Waals surface area contributed by atoms with E-state index in [9.17, 15) is 10.1 Å². The molecule has 110 valence electrons. The fraction of sp³-hybridized carbons (Fsp3) is 0.571. The van der Waals surface area contributed by atoms with Crippen molar-refractivity contribution in [2.24, 2.45) is 5.92 Å². The lowest BCUT2D eigenvalue weighted by Crippen LogP contribution is -2.37. The van der Waals surface area contributed by atoms with Gasteiger partial charge in [-0.2, -0.15) is 0 Å². The Balaban J connectivity index is 2.00. The van der Waals surface area contributed by atoms with Crippen LogP contribution >= 0.6 is 11.6 Å². The summed E-state index contributed by atoms with van der Waals surface area (Å²) < 4.78 is 0. The fourth-order valence-corrected chi connectivity index (χ4v) is 2.86. The van der Waals surface area contributed by atoms with Gasteiger partial charge in [0.05, 0.1) is 15.6 Å². The molecular weight excluding hydrogens is 278 g/mol. The van der Waals surface area contributed by atoms with Crippen LogP contribution in [-0.4, -0.2) is 36.0 Å². The van der Waals surface area contributed by atoms with Crippen LogP contribution in [0.1, 0.15) is 19.8 Å². The number of non-ortho nitro benzene ring substituents is 1. The number of halogens is 1. The summed E-state index contributed by atoms with van der Waals surface area (Å²) in [6.45, 7) is 4.38. The lowest BCUT2D eigenvalue weighted by atomic mass is 9.90. The highest BCUT2D eigenvalue weighted by molar-refractivity contribution is 6.33. The number of nitrogens with one attached hydrogen (secondary N) is 1. The van der Waals surface area contributed by atoms with E-state index in [2.05, 4.69) is 24.2 Å². The Kier molecular flexibility index (Phi) is 4.83. The molecule has 0 aliphatic carbocycles. The number of piperidine rings is 1. The number of nitro benzene ring substituents is 1. The molecule has 1 atom stereocenters. The van der Waals surface area contributed by atoms with Gasteiger partial charge in [-0.25, -0.2) is 0 Å². The number of nitrogens with zero attached hydrogens (tertiary/aromatic N) is 2. The monoisotopic (exact) mass is 297 g/mol. The van der Waals surface area contributed by atoms with Crippen molar-refractivity contribution in [2.45, 2.75) is 25.8 Å². The minimum Gasteiger partial charge on any atom is -0.381 e. The van der Waals surface area contributed by atoms with Crippen molar-refractivity contribution >= 4 is 23.0 Å². The Morgan fingerprint density at radius 3 is 2.65 bits per heavy atom. The molecule has 1 saturated heterocycles. The molecule has 20 heavy (non-hydrogen) atoms. The van der Waals surface area contributed by atoms with Crippen LogP contribution in [0.4, 0.5) is 11.4 Å². The van der Waals surface area contributed by atoms with Gasteiger partial charge in [0.1, 0.15) is 0 Å². The molecule has 0 spiro atoms. The van der Waals surface area contributed by atoms with Crippen molar-refractivity contribution < 1.29 is 4.92 Å². The van der Waals surface area contributed by atoms with Crippen LogP contribution in [0.5, 0.6) is 0 Å². The highest BCUT2D eigenvalue weighted by atomic mass is 35.5. The Hall–Kier alpha value is -1.33. The van der Waals surface area contributed by atoms with Crippen molar-refractivity contribution in [2.75, 3.05) is 25.5 Å². The number of benzene rings is 1. The Morgan fingerprint density at radius 2 is 2.10 bits per heavy atom. The summed E-state index contributed by atoms with van der Waals surface area (Å²) in [5, 5.41) is 14.5. The second kappa shape index (κ2) is 6.41. The zero-order valence-corrected chi connectivity index (χ0v) is 12.6. The second-order valence-corrected chi connectivity index (χ2v) is 5.90. The quantitative estimate of drug-likeness (QED) is 0.683. The van der Waals surface area contributed by atoms with Crippen LogP contribution in [-0.2, 0) is 0 Å². The van der Waals surface area contributed by atoms with E-state index in [1.54, 1.807) is 6.07 Å². The van der Waals surface area contributed by atoms with E-state index >= 15 is 0 Å². The third-order valence-corrected chi connectivity index (χ3v) is 4.33. The number of nitro groups is 1. The lowest BCUT2D eigenvalue weighted by molar-refractivity contribution is -0.384. The van der Waals surface area contributed by atoms with E-state index in [1.807, 2.05) is 0 Å². The topological polar surface area (TPSA) is 58.4 Å². The summed E-state index contributed by atoms with van der Waals surface area (Å²) >= 11 is 6.10. The minimum absolute atomic E-state index is 0.0208. The Bertz CT molecular complexity index is 487. The van der Waals surface area contributed by atoms with Crippen LogP contribution in [0.15, 0.2) is 18.2 Å². The molecule has 0 radical (unpaired) electrons. The van der Waals surface area contributed by atoms with E-state index in [4.69, 9.17) is 11.6 Å². The molecule has 0 aromatic heterocycles. The summed E-state index contributed by atoms with van der Waals surface area (Å²) in [6.07, 6.45) is 2.32. The molecule has 1 heterocycles. The van der Waals surface area contributed by atoms with Gasteiger partial charge >= 0.3 is 0 Å². The van der Waals surface area contributed by atoms with Gasteiger partial charge in [-0.15, -0.1) is 0 Å². The van der Waals surface area contributed by atoms with Crippen LogP contribution in [0, 0.1) is 16.0 Å². The molecular formula is C14H20ClN3O2. The molecule has 1 fully saturated rings. The first kappa shape index (κ1) is 15.1. The molecule has 1 aromatic rings. The van der Waals surface area contributed by atoms with Gasteiger partial charge in [-0.3, -0.25) is 10.1 Å². The molecule has 2 rings (SSSR count). The molecule has 1 aliphatic rings. The molecule has 0 saturated carbocycles. The molecule has 1 N–H and O–H groups in total. The van der Waals surface area contributed by atoms with Gasteiger partial charge in [0.15, 0.2) is 0 Å². The first-order valence-electron chi connectivity index (χ1n) is 6.86. The normalized spacial score (nSPS) is 18.8. The number of anilines is 1. The van der Waals surface area contributed by atoms with Crippen molar-refractivity contribution in [1.29, 1.82) is 0 Å². The van der Waals surface area contributed by atoms with Crippen molar-refractivity contribution in [3.8, 4) is 0 Å². The number of hydrogen-bond acceptors (Lipinski definition) is 4. The van der Waals surface area contributed by atoms with Crippen LogP contribution in [0.2, 0.25) is 5.02 Å². The van der Waals surface area contributed by atoms with Crippen molar-refractivity contribution in [3.05, 3.63) is 33.3 Å². The minimum atomic E-state index is -0.434. The lowest BCUT2D eigenvalue weighted by Gasteiger charge is -2.33. The van der Waals surface area contributed by atoms with Crippen molar-refractivity contribution in [1.82, 2.24) is 4.90 Å². The smallest absolute Gasteiger partial charge is 0.271 e. The number of hydrogen-bond donors (Lipinski definition) is 1. The maximum Gasteiger partial charge on any atom is 0.271 e. The average Bonchev–Trinajstić information content (AvgIpc) is 2.41. The molecule has 1 aliphatic heterocycles. The highest BCUT2D eigenvalue weighted by Crippen LogP contribution is 2.29. The zero-order valence-electron chi connectivity index (χ0n) is 11.8. The van der Waals surface area contributed by atoms with Gasteiger partial charge in [0, 0.05) is 18.2 Å². The van der Waals surface area contributed by atoms with E-state index in [-0.39, 0.29) is 5.69 Å². The third kappa shape index (κ3) is 3.61. The summed E-state index contributed by atoms with van der Waals surface area (Å²) in [6, 6.07) is 4.87. The SMILES string of the molecule is CC(Nc1ccc([N+](=O)[O-])cc1Cl)C1CCN(C)CC1. The van der Waals surface area contributed by atoms with Gasteiger partial charge in [-0.1, -0.05) is 11.6 Å². The van der Waals surface area contributed by atoms with Crippen LogP contribution < -0.4 is 5.32 Å². The zero-order chi connectivity index (χ0) is 14.7. The fourth-order valence-electron chi connectivity index (χ4n) is 2.63. The Morgan fingerprint density at radius 1 is 1.45 bits per heavy atom. The maximum absolute atomic E-state index is 10.7. The van der Waals surface area contributed by atoms with Crippen LogP contribution in [0.25, 0.3) is 0 Å². The summed E-state index contributed by atoms with van der Waals surface area (Å²) in [7, 11) is 2.14. The van der Waals surface area contributed by atoms with E-state index in [0.29, 0.717) is 17.0 Å². The van der Waals surface area contributed by atoms with Crippen LogP contribution in [0.3, 0.4) is 0 Å². The predicted octanol–water partition coefficient (Wildman–Crippen LogP) is 3.39.